The van der Waals surface area contributed by atoms with Gasteiger partial charge in [-0.2, -0.15) is 18.3 Å². The van der Waals surface area contributed by atoms with Crippen molar-refractivity contribution >= 4 is 11.6 Å². The molecular weight excluding hydrogens is 341 g/mol. The average Bonchev–Trinajstić information content (AvgIpc) is 3.22. The summed E-state index contributed by atoms with van der Waals surface area (Å²) in [5.74, 6) is -0.441. The largest absolute Gasteiger partial charge is 0.463 e. The molecule has 0 aromatic carbocycles. The van der Waals surface area contributed by atoms with Crippen molar-refractivity contribution in [2.24, 2.45) is 0 Å². The number of carbonyl (C=O) groups excluding carboxylic acids is 1. The second kappa shape index (κ2) is 6.55. The summed E-state index contributed by atoms with van der Waals surface area (Å²) in [4.78, 5) is 16.3. The minimum absolute atomic E-state index is 0.0451. The lowest BCUT2D eigenvalue weighted by Gasteiger charge is -2.10. The van der Waals surface area contributed by atoms with Crippen LogP contribution in [0.25, 0.3) is 17.1 Å². The summed E-state index contributed by atoms with van der Waals surface area (Å²) in [6, 6.07) is 3.84. The zero-order valence-electron chi connectivity index (χ0n) is 13.0. The highest BCUT2D eigenvalue weighted by atomic mass is 19.4. The van der Waals surface area contributed by atoms with Crippen LogP contribution in [-0.2, 0) is 10.9 Å². The Bertz CT molecular complexity index is 887. The fraction of sp³-hybridized carbons (Fsp3) is 0.267. The number of aromatic nitrogens is 3. The minimum Gasteiger partial charge on any atom is -0.463 e. The number of rotatable bonds is 5. The molecule has 0 saturated heterocycles. The molecule has 3 heterocycles. The Morgan fingerprint density at radius 1 is 1.44 bits per heavy atom. The molecule has 1 N–H and O–H groups in total. The maximum Gasteiger partial charge on any atom is 0.433 e. The first-order valence-electron chi connectivity index (χ1n) is 7.19. The number of halogens is 3. The van der Waals surface area contributed by atoms with E-state index in [0.29, 0.717) is 4.52 Å². The van der Waals surface area contributed by atoms with Gasteiger partial charge in [-0.15, -0.1) is 0 Å². The zero-order valence-corrected chi connectivity index (χ0v) is 13.0. The van der Waals surface area contributed by atoms with Gasteiger partial charge in [0.15, 0.2) is 17.1 Å². The molecular formula is C15H13F3N4O3. The summed E-state index contributed by atoms with van der Waals surface area (Å²) in [6.45, 7) is 0.473. The predicted molar refractivity (Wildman–Crippen MR) is 79.9 cm³/mol. The average molecular weight is 354 g/mol. The zero-order chi connectivity index (χ0) is 18.0. The van der Waals surface area contributed by atoms with Gasteiger partial charge in [0.1, 0.15) is 11.3 Å². The molecule has 0 fully saturated rings. The number of nitrogens with one attached hydrogen (secondary N) is 1. The number of hydrogen-bond acceptors (Lipinski definition) is 5. The van der Waals surface area contributed by atoms with Gasteiger partial charge in [0.2, 0.25) is 0 Å². The quantitative estimate of drug-likeness (QED) is 0.712. The number of fused-ring (bicyclic) bond motifs is 1. The molecule has 3 aromatic rings. The maximum atomic E-state index is 13.4. The number of carbonyl (C=O) groups is 1. The molecule has 0 radical (unpaired) electrons. The molecule has 0 atom stereocenters. The van der Waals surface area contributed by atoms with Gasteiger partial charge in [-0.05, 0) is 18.2 Å². The molecule has 1 amide bonds. The van der Waals surface area contributed by atoms with E-state index in [1.54, 1.807) is 0 Å². The third-order valence-electron chi connectivity index (χ3n) is 3.37. The van der Waals surface area contributed by atoms with E-state index < -0.39 is 17.8 Å². The lowest BCUT2D eigenvalue weighted by molar-refractivity contribution is -0.142. The first-order chi connectivity index (χ1) is 11.9. The summed E-state index contributed by atoms with van der Waals surface area (Å²) in [5, 5.41) is 6.20. The molecule has 3 rings (SSSR count). The van der Waals surface area contributed by atoms with Crippen LogP contribution in [0, 0.1) is 0 Å². The van der Waals surface area contributed by atoms with Crippen LogP contribution in [0.2, 0.25) is 0 Å². The second-order valence-electron chi connectivity index (χ2n) is 5.04. The van der Waals surface area contributed by atoms with E-state index in [9.17, 15) is 18.0 Å². The molecule has 25 heavy (non-hydrogen) atoms. The summed E-state index contributed by atoms with van der Waals surface area (Å²) < 4.78 is 50.6. The van der Waals surface area contributed by atoms with Crippen molar-refractivity contribution in [3.8, 4) is 11.5 Å². The molecule has 132 valence electrons. The molecule has 0 aliphatic rings. The monoisotopic (exact) mass is 354 g/mol. The number of ether oxygens (including phenoxy) is 1. The number of amides is 1. The van der Waals surface area contributed by atoms with Crippen LogP contribution >= 0.6 is 0 Å². The van der Waals surface area contributed by atoms with Crippen LogP contribution in [0.5, 0.6) is 0 Å². The Morgan fingerprint density at radius 2 is 2.24 bits per heavy atom. The molecule has 0 bridgehead atoms. The molecule has 3 aromatic heterocycles. The van der Waals surface area contributed by atoms with Crippen LogP contribution in [0.15, 0.2) is 35.1 Å². The fourth-order valence-electron chi connectivity index (χ4n) is 2.24. The lowest BCUT2D eigenvalue weighted by Crippen LogP contribution is -2.27. The summed E-state index contributed by atoms with van der Waals surface area (Å²) in [5.41, 5.74) is -1.39. The van der Waals surface area contributed by atoms with E-state index in [-0.39, 0.29) is 35.8 Å². The molecule has 0 saturated carbocycles. The van der Waals surface area contributed by atoms with Gasteiger partial charge in [-0.1, -0.05) is 0 Å². The number of alkyl halides is 3. The Hall–Kier alpha value is -2.88. The highest BCUT2D eigenvalue weighted by Crippen LogP contribution is 2.32. The number of furan rings is 1. The van der Waals surface area contributed by atoms with Crippen LogP contribution in [0.3, 0.4) is 0 Å². The normalized spacial score (nSPS) is 11.8. The Morgan fingerprint density at radius 3 is 2.88 bits per heavy atom. The van der Waals surface area contributed by atoms with E-state index in [1.165, 1.54) is 25.5 Å². The van der Waals surface area contributed by atoms with Gasteiger partial charge in [0.25, 0.3) is 5.91 Å². The van der Waals surface area contributed by atoms with E-state index in [0.717, 1.165) is 12.3 Å². The van der Waals surface area contributed by atoms with Crippen LogP contribution in [-0.4, -0.2) is 40.8 Å². The van der Waals surface area contributed by atoms with Gasteiger partial charge in [-0.25, -0.2) is 9.50 Å². The number of nitrogens with zero attached hydrogens (tertiary/aromatic N) is 3. The predicted octanol–water partition coefficient (Wildman–Crippen LogP) is 2.38. The summed E-state index contributed by atoms with van der Waals surface area (Å²) in [6.07, 6.45) is -2.31. The number of methoxy groups -OCH3 is 1. The molecule has 7 nitrogen and oxygen atoms in total. The topological polar surface area (TPSA) is 81.7 Å². The highest BCUT2D eigenvalue weighted by molar-refractivity contribution is 5.99. The molecule has 0 aliphatic carbocycles. The number of hydrogen-bond donors (Lipinski definition) is 1. The Kier molecular flexibility index (Phi) is 4.45. The second-order valence-corrected chi connectivity index (χ2v) is 5.04. The van der Waals surface area contributed by atoms with Gasteiger partial charge in [0, 0.05) is 13.7 Å². The van der Waals surface area contributed by atoms with Crippen molar-refractivity contribution in [2.45, 2.75) is 6.18 Å². The molecule has 0 unspecified atom stereocenters. The van der Waals surface area contributed by atoms with E-state index in [4.69, 9.17) is 9.15 Å². The minimum atomic E-state index is -4.68. The first-order valence-corrected chi connectivity index (χ1v) is 7.19. The fourth-order valence-corrected chi connectivity index (χ4v) is 2.24. The third-order valence-corrected chi connectivity index (χ3v) is 3.37. The standard InChI is InChI=1S/C15H13F3N4O3/c1-24-6-4-19-14(23)9-8-20-22-12(15(16,17)18)7-10(21-13(9)22)11-3-2-5-25-11/h2-3,5,7-8H,4,6H2,1H3,(H,19,23). The maximum absolute atomic E-state index is 13.4. The first kappa shape index (κ1) is 17.0. The van der Waals surface area contributed by atoms with Gasteiger partial charge < -0.3 is 14.5 Å². The van der Waals surface area contributed by atoms with E-state index in [1.807, 2.05) is 0 Å². The van der Waals surface area contributed by atoms with Crippen molar-refractivity contribution in [3.05, 3.63) is 41.9 Å². The van der Waals surface area contributed by atoms with Crippen LogP contribution < -0.4 is 5.32 Å². The molecule has 0 spiro atoms. The van der Waals surface area contributed by atoms with Crippen LogP contribution in [0.4, 0.5) is 13.2 Å². The molecule has 10 heteroatoms. The molecule has 0 aliphatic heterocycles. The van der Waals surface area contributed by atoms with Crippen molar-refractivity contribution < 1.29 is 27.1 Å². The third kappa shape index (κ3) is 3.33. The summed E-state index contributed by atoms with van der Waals surface area (Å²) in [7, 11) is 1.47. The smallest absolute Gasteiger partial charge is 0.433 e. The highest BCUT2D eigenvalue weighted by Gasteiger charge is 2.36. The van der Waals surface area contributed by atoms with Crippen molar-refractivity contribution in [2.75, 3.05) is 20.3 Å². The van der Waals surface area contributed by atoms with Crippen molar-refractivity contribution in [3.63, 3.8) is 0 Å². The Balaban J connectivity index is 2.12. The van der Waals surface area contributed by atoms with E-state index >= 15 is 0 Å². The van der Waals surface area contributed by atoms with Crippen molar-refractivity contribution in [1.82, 2.24) is 19.9 Å². The van der Waals surface area contributed by atoms with E-state index in [2.05, 4.69) is 15.4 Å². The van der Waals surface area contributed by atoms with Gasteiger partial charge >= 0.3 is 6.18 Å². The SMILES string of the molecule is COCCNC(=O)c1cnn2c(C(F)(F)F)cc(-c3ccco3)nc12. The van der Waals surface area contributed by atoms with Crippen LogP contribution in [0.1, 0.15) is 16.1 Å². The lowest BCUT2D eigenvalue weighted by atomic mass is 10.2. The van der Waals surface area contributed by atoms with Gasteiger partial charge in [0.05, 0.1) is 19.1 Å². The Labute approximate surface area is 139 Å². The van der Waals surface area contributed by atoms with Gasteiger partial charge in [-0.3, -0.25) is 4.79 Å². The van der Waals surface area contributed by atoms with Crippen molar-refractivity contribution in [1.29, 1.82) is 0 Å². The summed E-state index contributed by atoms with van der Waals surface area (Å²) >= 11 is 0.